The molecular weight excluding hydrogens is 412 g/mol. The third-order valence-electron chi connectivity index (χ3n) is 5.21. The van der Waals surface area contributed by atoms with Gasteiger partial charge in [-0.25, -0.2) is 0 Å². The summed E-state index contributed by atoms with van der Waals surface area (Å²) in [6.07, 6.45) is 1.53. The van der Waals surface area contributed by atoms with E-state index in [1.807, 2.05) is 42.2 Å². The zero-order valence-corrected chi connectivity index (χ0v) is 19.4. The molecule has 0 saturated carbocycles. The van der Waals surface area contributed by atoms with Crippen molar-refractivity contribution in [1.82, 2.24) is 14.6 Å². The van der Waals surface area contributed by atoms with Crippen molar-refractivity contribution in [2.24, 2.45) is 0 Å². The number of anilines is 1. The average Bonchev–Trinajstić information content (AvgIpc) is 3.29. The number of aromatic nitrogens is 3. The van der Waals surface area contributed by atoms with Crippen LogP contribution in [0.5, 0.6) is 0 Å². The number of carbonyl (C=O) groups is 1. The molecule has 0 radical (unpaired) electrons. The molecule has 1 atom stereocenters. The van der Waals surface area contributed by atoms with Crippen molar-refractivity contribution in [2.45, 2.75) is 50.8 Å². The smallest absolute Gasteiger partial charge is 0.240 e. The summed E-state index contributed by atoms with van der Waals surface area (Å²) < 4.78 is 3.44. The monoisotopic (exact) mass is 438 g/mol. The van der Waals surface area contributed by atoms with Crippen LogP contribution in [0.25, 0.3) is 15.7 Å². The first kappa shape index (κ1) is 20.9. The first-order valence-corrected chi connectivity index (χ1v) is 12.1. The van der Waals surface area contributed by atoms with Gasteiger partial charge in [0, 0.05) is 23.5 Å². The fourth-order valence-electron chi connectivity index (χ4n) is 3.75. The highest BCUT2D eigenvalue weighted by Gasteiger charge is 2.26. The molecule has 4 rings (SSSR count). The summed E-state index contributed by atoms with van der Waals surface area (Å²) in [6, 6.07) is 14.3. The Kier molecular flexibility index (Phi) is 6.11. The Morgan fingerprint density at radius 2 is 1.90 bits per heavy atom. The molecule has 0 aliphatic rings. The molecule has 3 heterocycles. The maximum absolute atomic E-state index is 13.4. The van der Waals surface area contributed by atoms with Gasteiger partial charge in [-0.15, -0.1) is 21.5 Å². The predicted octanol–water partition coefficient (Wildman–Crippen LogP) is 5.74. The number of rotatable bonds is 7. The van der Waals surface area contributed by atoms with E-state index >= 15 is 0 Å². The topological polar surface area (TPSA) is 50.5 Å². The van der Waals surface area contributed by atoms with Crippen LogP contribution in [0.1, 0.15) is 37.9 Å². The van der Waals surface area contributed by atoms with E-state index in [9.17, 15) is 4.79 Å². The molecule has 4 aromatic rings. The molecule has 7 heteroatoms. The van der Waals surface area contributed by atoms with Gasteiger partial charge in [0.1, 0.15) is 10.9 Å². The Bertz CT molecular complexity index is 1180. The van der Waals surface area contributed by atoms with Crippen LogP contribution in [0.3, 0.4) is 0 Å². The van der Waals surface area contributed by atoms with E-state index in [-0.39, 0.29) is 11.2 Å². The number of hydrogen-bond donors (Lipinski definition) is 0. The minimum atomic E-state index is -0.217. The third kappa shape index (κ3) is 3.72. The number of carbonyl (C=O) groups excluding carboxylic acids is 1. The first-order valence-electron chi connectivity index (χ1n) is 10.4. The average molecular weight is 439 g/mol. The molecular formula is C23H26N4OS2. The van der Waals surface area contributed by atoms with Crippen LogP contribution >= 0.6 is 23.1 Å². The quantitative estimate of drug-likeness (QED) is 0.345. The molecule has 0 fully saturated rings. The van der Waals surface area contributed by atoms with Crippen LogP contribution in [0.15, 0.2) is 47.5 Å². The highest BCUT2D eigenvalue weighted by molar-refractivity contribution is 8.00. The minimum absolute atomic E-state index is 0.111. The Morgan fingerprint density at radius 3 is 2.57 bits per heavy atom. The minimum Gasteiger partial charge on any atom is -0.312 e. The second kappa shape index (κ2) is 8.78. The van der Waals surface area contributed by atoms with Crippen molar-refractivity contribution in [1.29, 1.82) is 0 Å². The van der Waals surface area contributed by atoms with Gasteiger partial charge in [0.25, 0.3) is 0 Å². The van der Waals surface area contributed by atoms with Crippen LogP contribution in [0.4, 0.5) is 5.69 Å². The molecule has 3 aromatic heterocycles. The molecule has 0 aliphatic heterocycles. The van der Waals surface area contributed by atoms with Crippen LogP contribution in [0, 0.1) is 6.92 Å². The highest BCUT2D eigenvalue weighted by atomic mass is 32.2. The fourth-order valence-corrected chi connectivity index (χ4v) is 5.72. The molecule has 0 bridgehead atoms. The number of thioether (sulfide) groups is 1. The molecule has 5 nitrogen and oxygen atoms in total. The Morgan fingerprint density at radius 1 is 1.13 bits per heavy atom. The standard InChI is InChI=1S/C23H26N4OS2/c1-5-19(23(28)26(7-3)16-11-9-8-10-12-16)30-22-18-14-20-17(13-15(4)29-20)27(18)21(6-2)24-25-22/h8-14,19H,5-7H2,1-4H3/t19-/m1/s1. The predicted molar refractivity (Wildman–Crippen MR) is 127 cm³/mol. The number of amides is 1. The van der Waals surface area contributed by atoms with E-state index in [4.69, 9.17) is 0 Å². The highest BCUT2D eigenvalue weighted by Crippen LogP contribution is 2.35. The Labute approximate surface area is 185 Å². The lowest BCUT2D eigenvalue weighted by Crippen LogP contribution is -2.37. The number of fused-ring (bicyclic) bond motifs is 3. The lowest BCUT2D eigenvalue weighted by molar-refractivity contribution is -0.118. The molecule has 0 unspecified atom stereocenters. The number of benzene rings is 1. The van der Waals surface area contributed by atoms with E-state index < -0.39 is 0 Å². The van der Waals surface area contributed by atoms with Gasteiger partial charge in [-0.1, -0.05) is 43.8 Å². The van der Waals surface area contributed by atoms with Crippen molar-refractivity contribution in [3.8, 4) is 0 Å². The largest absolute Gasteiger partial charge is 0.312 e. The number of aryl methyl sites for hydroxylation is 2. The van der Waals surface area contributed by atoms with Gasteiger partial charge < -0.3 is 4.90 Å². The van der Waals surface area contributed by atoms with E-state index in [1.165, 1.54) is 26.9 Å². The molecule has 0 saturated heterocycles. The van der Waals surface area contributed by atoms with Gasteiger partial charge in [0.2, 0.25) is 5.91 Å². The second-order valence-corrected chi connectivity index (χ2v) is 9.66. The summed E-state index contributed by atoms with van der Waals surface area (Å²) in [5.74, 6) is 1.06. The number of para-hydroxylation sites is 1. The zero-order valence-electron chi connectivity index (χ0n) is 17.8. The summed E-state index contributed by atoms with van der Waals surface area (Å²) in [7, 11) is 0. The lowest BCUT2D eigenvalue weighted by atomic mass is 10.2. The molecule has 0 aliphatic carbocycles. The van der Waals surface area contributed by atoms with Gasteiger partial charge in [0.05, 0.1) is 21.0 Å². The van der Waals surface area contributed by atoms with E-state index in [0.29, 0.717) is 6.54 Å². The van der Waals surface area contributed by atoms with E-state index in [0.717, 1.165) is 34.9 Å². The van der Waals surface area contributed by atoms with Crippen molar-refractivity contribution >= 4 is 50.4 Å². The molecule has 0 N–H and O–H groups in total. The van der Waals surface area contributed by atoms with Gasteiger partial charge >= 0.3 is 0 Å². The molecule has 156 valence electrons. The first-order chi connectivity index (χ1) is 14.6. The lowest BCUT2D eigenvalue weighted by Gasteiger charge is -2.25. The maximum Gasteiger partial charge on any atom is 0.240 e. The van der Waals surface area contributed by atoms with Crippen LogP contribution in [-0.2, 0) is 11.2 Å². The van der Waals surface area contributed by atoms with Gasteiger partial charge in [-0.05, 0) is 44.5 Å². The van der Waals surface area contributed by atoms with Crippen LogP contribution < -0.4 is 4.90 Å². The summed E-state index contributed by atoms with van der Waals surface area (Å²) >= 11 is 3.31. The third-order valence-corrected chi connectivity index (χ3v) is 7.53. The normalized spacial score (nSPS) is 12.5. The van der Waals surface area contributed by atoms with Gasteiger partial charge in [-0.3, -0.25) is 9.20 Å². The zero-order chi connectivity index (χ0) is 21.3. The van der Waals surface area contributed by atoms with E-state index in [2.05, 4.69) is 47.5 Å². The SMILES string of the molecule is CCc1nnc(S[C@H](CC)C(=O)N(CC)c2ccccc2)c2cc3sc(C)cc3n12. The summed E-state index contributed by atoms with van der Waals surface area (Å²) in [5.41, 5.74) is 3.15. The second-order valence-electron chi connectivity index (χ2n) is 7.18. The number of hydrogen-bond acceptors (Lipinski definition) is 5. The Balaban J connectivity index is 1.71. The summed E-state index contributed by atoms with van der Waals surface area (Å²) in [4.78, 5) is 16.5. The van der Waals surface area contributed by atoms with Gasteiger partial charge in [-0.2, -0.15) is 0 Å². The van der Waals surface area contributed by atoms with Gasteiger partial charge in [0.15, 0.2) is 0 Å². The van der Waals surface area contributed by atoms with Crippen molar-refractivity contribution < 1.29 is 4.79 Å². The van der Waals surface area contributed by atoms with Crippen LogP contribution in [-0.4, -0.2) is 32.3 Å². The summed E-state index contributed by atoms with van der Waals surface area (Å²) in [6.45, 7) is 8.93. The van der Waals surface area contributed by atoms with Crippen molar-refractivity contribution in [3.05, 3.63) is 53.2 Å². The van der Waals surface area contributed by atoms with Crippen LogP contribution in [0.2, 0.25) is 0 Å². The fraction of sp³-hybridized carbons (Fsp3) is 0.348. The molecule has 1 aromatic carbocycles. The van der Waals surface area contributed by atoms with E-state index in [1.54, 1.807) is 11.3 Å². The molecule has 1 amide bonds. The van der Waals surface area contributed by atoms with Crippen molar-refractivity contribution in [2.75, 3.05) is 11.4 Å². The number of thiophene rings is 1. The summed E-state index contributed by atoms with van der Waals surface area (Å²) in [5, 5.41) is 9.63. The molecule has 30 heavy (non-hydrogen) atoms. The van der Waals surface area contributed by atoms with Crippen molar-refractivity contribution in [3.63, 3.8) is 0 Å². The number of nitrogens with zero attached hydrogens (tertiary/aromatic N) is 4. The molecule has 0 spiro atoms. The maximum atomic E-state index is 13.4. The Hall–Kier alpha value is -2.38.